The monoisotopic (exact) mass is 435 g/mol. The van der Waals surface area contributed by atoms with Gasteiger partial charge in [-0.15, -0.1) is 24.8 Å². The number of piperazine rings is 1. The van der Waals surface area contributed by atoms with Crippen molar-refractivity contribution < 1.29 is 4.79 Å². The van der Waals surface area contributed by atoms with Gasteiger partial charge in [-0.1, -0.05) is 54.6 Å². The summed E-state index contributed by atoms with van der Waals surface area (Å²) in [5.41, 5.74) is 3.18. The Kier molecular flexibility index (Phi) is 8.12. The number of likely N-dealkylation sites (N-methyl/N-ethyl adjacent to an activating group) is 1. The van der Waals surface area contributed by atoms with Gasteiger partial charge in [-0.05, 0) is 36.5 Å². The first kappa shape index (κ1) is 23.7. The number of hydrogen-bond acceptors (Lipinski definition) is 3. The standard InChI is InChI=1S/C23H29N3O.2ClH/c1-18(19-8-4-3-5-9-19)25(2)22(27)23(26-16-14-24-15-17-26)13-12-20-10-6-7-11-21(20)23;;/h3-11,18,24H,12-17H2,1-2H3;2*1H/t18-,23-;;/m0../s1. The number of nitrogens with one attached hydrogen (secondary N) is 1. The lowest BCUT2D eigenvalue weighted by molar-refractivity contribution is -0.147. The molecule has 1 N–H and O–H groups in total. The number of amides is 1. The molecule has 1 heterocycles. The molecule has 2 aliphatic rings. The zero-order valence-corrected chi connectivity index (χ0v) is 18.8. The van der Waals surface area contributed by atoms with Crippen molar-refractivity contribution >= 4 is 30.7 Å². The number of halogens is 2. The van der Waals surface area contributed by atoms with E-state index < -0.39 is 5.54 Å². The van der Waals surface area contributed by atoms with Crippen LogP contribution in [0.2, 0.25) is 0 Å². The summed E-state index contributed by atoms with van der Waals surface area (Å²) in [5.74, 6) is 0.228. The average Bonchev–Trinajstić information content (AvgIpc) is 3.14. The quantitative estimate of drug-likeness (QED) is 0.792. The highest BCUT2D eigenvalue weighted by Crippen LogP contribution is 2.44. The molecular weight excluding hydrogens is 405 g/mol. The van der Waals surface area contributed by atoms with Gasteiger partial charge in [-0.25, -0.2) is 0 Å². The van der Waals surface area contributed by atoms with E-state index in [-0.39, 0.29) is 36.8 Å². The third-order valence-corrected chi connectivity index (χ3v) is 6.41. The number of nitrogens with zero attached hydrogens (tertiary/aromatic N) is 2. The first-order chi connectivity index (χ1) is 13.1. The number of fused-ring (bicyclic) bond motifs is 1. The summed E-state index contributed by atoms with van der Waals surface area (Å²) >= 11 is 0. The van der Waals surface area contributed by atoms with Crippen LogP contribution in [0.25, 0.3) is 0 Å². The number of aryl methyl sites for hydroxylation is 1. The smallest absolute Gasteiger partial charge is 0.247 e. The highest BCUT2D eigenvalue weighted by molar-refractivity contribution is 5.89. The second kappa shape index (κ2) is 9.94. The van der Waals surface area contributed by atoms with Gasteiger partial charge < -0.3 is 10.2 Å². The van der Waals surface area contributed by atoms with Crippen LogP contribution in [0.5, 0.6) is 0 Å². The van der Waals surface area contributed by atoms with Crippen LogP contribution < -0.4 is 5.32 Å². The van der Waals surface area contributed by atoms with Gasteiger partial charge in [0.15, 0.2) is 0 Å². The van der Waals surface area contributed by atoms with E-state index in [9.17, 15) is 4.79 Å². The Labute approximate surface area is 186 Å². The minimum Gasteiger partial charge on any atom is -0.337 e. The molecule has 6 heteroatoms. The summed E-state index contributed by atoms with van der Waals surface area (Å²) in [5, 5.41) is 3.43. The van der Waals surface area contributed by atoms with Crippen molar-refractivity contribution in [3.8, 4) is 0 Å². The Bertz CT molecular complexity index is 811. The van der Waals surface area contributed by atoms with Crippen LogP contribution in [0.15, 0.2) is 54.6 Å². The molecule has 4 nitrogen and oxygen atoms in total. The van der Waals surface area contributed by atoms with Gasteiger partial charge in [0.25, 0.3) is 0 Å². The molecule has 0 saturated carbocycles. The van der Waals surface area contributed by atoms with Gasteiger partial charge >= 0.3 is 0 Å². The van der Waals surface area contributed by atoms with Gasteiger partial charge in [0, 0.05) is 33.2 Å². The number of rotatable bonds is 4. The van der Waals surface area contributed by atoms with Crippen molar-refractivity contribution in [3.05, 3.63) is 71.3 Å². The summed E-state index contributed by atoms with van der Waals surface area (Å²) in [7, 11) is 1.96. The molecule has 2 aromatic rings. The highest BCUT2D eigenvalue weighted by Gasteiger charge is 2.51. The summed E-state index contributed by atoms with van der Waals surface area (Å²) in [6, 6.07) is 18.9. The number of carbonyl (C=O) groups is 1. The van der Waals surface area contributed by atoms with Crippen LogP contribution in [-0.4, -0.2) is 48.9 Å². The highest BCUT2D eigenvalue weighted by atomic mass is 35.5. The van der Waals surface area contributed by atoms with E-state index in [1.165, 1.54) is 16.7 Å². The van der Waals surface area contributed by atoms with Crippen molar-refractivity contribution in [2.75, 3.05) is 33.2 Å². The van der Waals surface area contributed by atoms with Crippen molar-refractivity contribution in [2.45, 2.75) is 31.3 Å². The summed E-state index contributed by atoms with van der Waals surface area (Å²) < 4.78 is 0. The Balaban J connectivity index is 0.00000150. The molecular formula is C23H31Cl2N3O. The Morgan fingerprint density at radius 1 is 1.03 bits per heavy atom. The SMILES string of the molecule is C[C@@H](c1ccccc1)N(C)C(=O)[C@]1(N2CCNCC2)CCc2ccccc21.Cl.Cl. The van der Waals surface area contributed by atoms with Crippen molar-refractivity contribution in [3.63, 3.8) is 0 Å². The molecule has 1 fully saturated rings. The zero-order chi connectivity index (χ0) is 18.9. The largest absolute Gasteiger partial charge is 0.337 e. The van der Waals surface area contributed by atoms with Crippen LogP contribution in [-0.2, 0) is 16.8 Å². The fraction of sp³-hybridized carbons (Fsp3) is 0.435. The van der Waals surface area contributed by atoms with Crippen molar-refractivity contribution in [2.24, 2.45) is 0 Å². The Morgan fingerprint density at radius 3 is 2.34 bits per heavy atom. The van der Waals surface area contributed by atoms with E-state index in [2.05, 4.69) is 53.5 Å². The van der Waals surface area contributed by atoms with E-state index in [1.54, 1.807) is 0 Å². The van der Waals surface area contributed by atoms with Crippen LogP contribution >= 0.6 is 24.8 Å². The molecule has 158 valence electrons. The molecule has 0 unspecified atom stereocenters. The minimum absolute atomic E-state index is 0. The van der Waals surface area contributed by atoms with Crippen LogP contribution in [0, 0.1) is 0 Å². The maximum absolute atomic E-state index is 14.0. The summed E-state index contributed by atoms with van der Waals surface area (Å²) in [6.45, 7) is 5.82. The van der Waals surface area contributed by atoms with Crippen LogP contribution in [0.1, 0.15) is 36.1 Å². The fourth-order valence-corrected chi connectivity index (χ4v) is 4.75. The molecule has 1 aliphatic carbocycles. The predicted octanol–water partition coefficient (Wildman–Crippen LogP) is 3.80. The van der Waals surface area contributed by atoms with Gasteiger partial charge in [0.2, 0.25) is 5.91 Å². The molecule has 0 radical (unpaired) electrons. The van der Waals surface area contributed by atoms with Crippen molar-refractivity contribution in [1.29, 1.82) is 0 Å². The lowest BCUT2D eigenvalue weighted by Crippen LogP contribution is -2.60. The third kappa shape index (κ3) is 4.17. The maximum Gasteiger partial charge on any atom is 0.247 e. The topological polar surface area (TPSA) is 35.6 Å². The maximum atomic E-state index is 14.0. The number of benzene rings is 2. The van der Waals surface area contributed by atoms with Crippen LogP contribution in [0.4, 0.5) is 0 Å². The first-order valence-electron chi connectivity index (χ1n) is 10.0. The molecule has 1 amide bonds. The number of carbonyl (C=O) groups excluding carboxylic acids is 1. The average molecular weight is 436 g/mol. The zero-order valence-electron chi connectivity index (χ0n) is 17.1. The number of hydrogen-bond donors (Lipinski definition) is 1. The summed E-state index contributed by atoms with van der Waals surface area (Å²) in [4.78, 5) is 18.4. The Hall–Kier alpha value is -1.59. The van der Waals surface area contributed by atoms with Crippen LogP contribution in [0.3, 0.4) is 0 Å². The second-order valence-corrected chi connectivity index (χ2v) is 7.76. The molecule has 29 heavy (non-hydrogen) atoms. The van der Waals surface area contributed by atoms with E-state index >= 15 is 0 Å². The minimum atomic E-state index is -0.531. The molecule has 0 bridgehead atoms. The lowest BCUT2D eigenvalue weighted by atomic mass is 9.86. The van der Waals surface area contributed by atoms with Gasteiger partial charge in [0.05, 0.1) is 6.04 Å². The molecule has 0 spiro atoms. The molecule has 1 aliphatic heterocycles. The van der Waals surface area contributed by atoms with E-state index in [0.717, 1.165) is 39.0 Å². The molecule has 4 rings (SSSR count). The normalized spacial score (nSPS) is 22.0. The second-order valence-electron chi connectivity index (χ2n) is 7.76. The fourth-order valence-electron chi connectivity index (χ4n) is 4.75. The van der Waals surface area contributed by atoms with E-state index in [4.69, 9.17) is 0 Å². The molecule has 2 atom stereocenters. The van der Waals surface area contributed by atoms with Gasteiger partial charge in [-0.3, -0.25) is 9.69 Å². The first-order valence-corrected chi connectivity index (χ1v) is 10.0. The van der Waals surface area contributed by atoms with E-state index in [0.29, 0.717) is 0 Å². The van der Waals surface area contributed by atoms with Gasteiger partial charge in [-0.2, -0.15) is 0 Å². The molecule has 0 aromatic heterocycles. The van der Waals surface area contributed by atoms with E-state index in [1.807, 2.05) is 30.1 Å². The Morgan fingerprint density at radius 2 is 1.66 bits per heavy atom. The molecule has 2 aromatic carbocycles. The lowest BCUT2D eigenvalue weighted by Gasteiger charge is -2.45. The third-order valence-electron chi connectivity index (χ3n) is 6.41. The predicted molar refractivity (Wildman–Crippen MR) is 123 cm³/mol. The summed E-state index contributed by atoms with van der Waals surface area (Å²) in [6.07, 6.45) is 1.84. The van der Waals surface area contributed by atoms with Gasteiger partial charge in [0.1, 0.15) is 5.54 Å². The molecule has 1 saturated heterocycles. The van der Waals surface area contributed by atoms with Crippen molar-refractivity contribution in [1.82, 2.24) is 15.1 Å².